The minimum atomic E-state index is -0.536. The number of carbonyl (C=O) groups excluding carboxylic acids is 2. The molecule has 0 saturated carbocycles. The summed E-state index contributed by atoms with van der Waals surface area (Å²) in [7, 11) is 0. The van der Waals surface area contributed by atoms with Crippen LogP contribution in [0.1, 0.15) is 33.7 Å². The number of amides is 1. The minimum Gasteiger partial charge on any atom is -0.376 e. The van der Waals surface area contributed by atoms with E-state index in [0.717, 1.165) is 6.54 Å². The summed E-state index contributed by atoms with van der Waals surface area (Å²) in [6.07, 6.45) is 2.27. The number of rotatable bonds is 8. The first-order valence-corrected chi connectivity index (χ1v) is 12.6. The number of halogens is 2. The van der Waals surface area contributed by atoms with Crippen molar-refractivity contribution in [2.75, 3.05) is 25.0 Å². The van der Waals surface area contributed by atoms with Gasteiger partial charge in [0.1, 0.15) is 23.0 Å². The number of ketones is 1. The van der Waals surface area contributed by atoms with E-state index in [2.05, 4.69) is 20.7 Å². The highest BCUT2D eigenvalue weighted by Gasteiger charge is 2.21. The standard InChI is InChI=1S/C28H25ClFN5O3/c29-22-10-8-18(27-23(30)7-4-12-32-27)15-21(22)28(37)33-26-16-24(34-35(26)19-5-2-1-3-6-19)25(36)11-9-20-17-31-13-14-38-20/h1-8,10,12,15-16,20,31H,9,11,13-14,17H2,(H,33,37)/t20-/m1/s1. The number of pyridine rings is 1. The van der Waals surface area contributed by atoms with Gasteiger partial charge in [0.25, 0.3) is 5.91 Å². The second kappa shape index (κ2) is 11.6. The molecule has 1 fully saturated rings. The Morgan fingerprint density at radius 2 is 1.97 bits per heavy atom. The molecule has 0 unspecified atom stereocenters. The van der Waals surface area contributed by atoms with Crippen LogP contribution in [-0.2, 0) is 4.74 Å². The molecule has 1 aliphatic heterocycles. The van der Waals surface area contributed by atoms with Crippen molar-refractivity contribution in [3.8, 4) is 16.9 Å². The summed E-state index contributed by atoms with van der Waals surface area (Å²) < 4.78 is 21.5. The molecule has 0 bridgehead atoms. The zero-order chi connectivity index (χ0) is 26.5. The summed E-state index contributed by atoms with van der Waals surface area (Å²) in [5.74, 6) is -0.910. The third kappa shape index (κ3) is 5.80. The van der Waals surface area contributed by atoms with Crippen LogP contribution in [0.4, 0.5) is 10.2 Å². The van der Waals surface area contributed by atoms with Crippen molar-refractivity contribution in [1.29, 1.82) is 0 Å². The second-order valence-corrected chi connectivity index (χ2v) is 9.21. The Hall–Kier alpha value is -3.92. The topological polar surface area (TPSA) is 98.1 Å². The fourth-order valence-electron chi connectivity index (χ4n) is 4.23. The molecule has 194 valence electrons. The molecule has 1 saturated heterocycles. The van der Waals surface area contributed by atoms with Crippen LogP contribution >= 0.6 is 11.6 Å². The van der Waals surface area contributed by atoms with Crippen molar-refractivity contribution < 1.29 is 18.7 Å². The Labute approximate surface area is 223 Å². The predicted molar refractivity (Wildman–Crippen MR) is 142 cm³/mol. The molecule has 2 aromatic heterocycles. The molecule has 0 spiro atoms. The number of anilines is 1. The molecule has 3 heterocycles. The van der Waals surface area contributed by atoms with Crippen LogP contribution in [0.2, 0.25) is 5.02 Å². The molecule has 10 heteroatoms. The minimum absolute atomic E-state index is 0.0264. The molecule has 1 amide bonds. The average molecular weight is 534 g/mol. The molecule has 0 radical (unpaired) electrons. The molecule has 8 nitrogen and oxygen atoms in total. The van der Waals surface area contributed by atoms with Gasteiger partial charge in [-0.15, -0.1) is 0 Å². The lowest BCUT2D eigenvalue weighted by atomic mass is 10.1. The molecule has 5 rings (SSSR count). The van der Waals surface area contributed by atoms with E-state index in [1.165, 1.54) is 35.1 Å². The van der Waals surface area contributed by atoms with Crippen molar-refractivity contribution in [2.24, 2.45) is 0 Å². The SMILES string of the molecule is O=C(CC[C@@H]1CNCCO1)c1cc(NC(=O)c2cc(-c3ncccc3F)ccc2Cl)n(-c2ccccc2)n1. The smallest absolute Gasteiger partial charge is 0.258 e. The number of nitrogens with one attached hydrogen (secondary N) is 2. The zero-order valence-electron chi connectivity index (χ0n) is 20.4. The van der Waals surface area contributed by atoms with E-state index in [9.17, 15) is 14.0 Å². The maximum atomic E-state index is 14.3. The second-order valence-electron chi connectivity index (χ2n) is 8.80. The average Bonchev–Trinajstić information content (AvgIpc) is 3.37. The lowest BCUT2D eigenvalue weighted by Crippen LogP contribution is -2.38. The van der Waals surface area contributed by atoms with Gasteiger partial charge >= 0.3 is 0 Å². The summed E-state index contributed by atoms with van der Waals surface area (Å²) in [5, 5.41) is 10.7. The first kappa shape index (κ1) is 25.7. The number of ether oxygens (including phenoxy) is 1. The fraction of sp³-hybridized carbons (Fsp3) is 0.214. The van der Waals surface area contributed by atoms with Crippen LogP contribution in [0.5, 0.6) is 0 Å². The highest BCUT2D eigenvalue weighted by Crippen LogP contribution is 2.27. The number of Topliss-reactive ketones (excluding diaryl/α,β-unsaturated/α-hetero) is 1. The predicted octanol–water partition coefficient (Wildman–Crippen LogP) is 4.93. The first-order valence-electron chi connectivity index (χ1n) is 12.2. The van der Waals surface area contributed by atoms with Crippen LogP contribution < -0.4 is 10.6 Å². The molecule has 0 aliphatic carbocycles. The van der Waals surface area contributed by atoms with E-state index in [1.54, 1.807) is 12.1 Å². The van der Waals surface area contributed by atoms with E-state index in [1.807, 2.05) is 30.3 Å². The van der Waals surface area contributed by atoms with Gasteiger partial charge in [-0.25, -0.2) is 9.07 Å². The van der Waals surface area contributed by atoms with Gasteiger partial charge in [0.15, 0.2) is 5.78 Å². The van der Waals surface area contributed by atoms with Gasteiger partial charge in [-0.1, -0.05) is 35.9 Å². The molecule has 2 aromatic carbocycles. The molecule has 38 heavy (non-hydrogen) atoms. The number of nitrogens with zero attached hydrogens (tertiary/aromatic N) is 3. The Balaban J connectivity index is 1.41. The van der Waals surface area contributed by atoms with Crippen LogP contribution in [0.25, 0.3) is 16.9 Å². The summed E-state index contributed by atoms with van der Waals surface area (Å²) >= 11 is 6.34. The Bertz CT molecular complexity index is 1450. The molecular weight excluding hydrogens is 509 g/mol. The number of hydrogen-bond donors (Lipinski definition) is 2. The van der Waals surface area contributed by atoms with Gasteiger partial charge in [-0.05, 0) is 42.8 Å². The van der Waals surface area contributed by atoms with Crippen molar-refractivity contribution in [1.82, 2.24) is 20.1 Å². The van der Waals surface area contributed by atoms with E-state index >= 15 is 0 Å². The zero-order valence-corrected chi connectivity index (χ0v) is 21.1. The van der Waals surface area contributed by atoms with Gasteiger partial charge in [-0.3, -0.25) is 14.6 Å². The van der Waals surface area contributed by atoms with Gasteiger partial charge in [0, 0.05) is 37.3 Å². The Kier molecular flexibility index (Phi) is 7.88. The summed E-state index contributed by atoms with van der Waals surface area (Å²) in [4.78, 5) is 30.4. The van der Waals surface area contributed by atoms with Gasteiger partial charge in [0.2, 0.25) is 0 Å². The van der Waals surface area contributed by atoms with E-state index in [-0.39, 0.29) is 40.3 Å². The first-order chi connectivity index (χ1) is 18.5. The molecular formula is C28H25ClFN5O3. The quantitative estimate of drug-likeness (QED) is 0.312. The molecule has 4 aromatic rings. The lowest BCUT2D eigenvalue weighted by molar-refractivity contribution is 0.0224. The van der Waals surface area contributed by atoms with Crippen molar-refractivity contribution in [3.05, 3.63) is 95.0 Å². The normalized spacial score (nSPS) is 15.3. The van der Waals surface area contributed by atoms with Crippen molar-refractivity contribution >= 4 is 29.1 Å². The maximum absolute atomic E-state index is 14.3. The summed E-state index contributed by atoms with van der Waals surface area (Å²) in [6.45, 7) is 2.13. The van der Waals surface area contributed by atoms with E-state index in [0.29, 0.717) is 36.6 Å². The van der Waals surface area contributed by atoms with Crippen molar-refractivity contribution in [3.63, 3.8) is 0 Å². The molecule has 2 N–H and O–H groups in total. The number of para-hydroxylation sites is 1. The van der Waals surface area contributed by atoms with Gasteiger partial charge < -0.3 is 15.4 Å². The number of morpholine rings is 1. The molecule has 1 atom stereocenters. The lowest BCUT2D eigenvalue weighted by Gasteiger charge is -2.23. The molecule has 1 aliphatic rings. The maximum Gasteiger partial charge on any atom is 0.258 e. The van der Waals surface area contributed by atoms with E-state index < -0.39 is 11.7 Å². The number of carbonyl (C=O) groups is 2. The largest absolute Gasteiger partial charge is 0.376 e. The summed E-state index contributed by atoms with van der Waals surface area (Å²) in [6, 6.07) is 18.1. The Morgan fingerprint density at radius 1 is 1.13 bits per heavy atom. The third-order valence-corrected chi connectivity index (χ3v) is 6.51. The van der Waals surface area contributed by atoms with Gasteiger partial charge in [-0.2, -0.15) is 5.10 Å². The third-order valence-electron chi connectivity index (χ3n) is 6.18. The number of benzene rings is 2. The summed E-state index contributed by atoms with van der Waals surface area (Å²) in [5.41, 5.74) is 1.53. The van der Waals surface area contributed by atoms with Crippen LogP contribution in [-0.4, -0.2) is 52.3 Å². The highest BCUT2D eigenvalue weighted by atomic mass is 35.5. The fourth-order valence-corrected chi connectivity index (χ4v) is 4.43. The number of hydrogen-bond acceptors (Lipinski definition) is 6. The van der Waals surface area contributed by atoms with E-state index in [4.69, 9.17) is 16.3 Å². The van der Waals surface area contributed by atoms with Crippen LogP contribution in [0, 0.1) is 5.82 Å². The monoisotopic (exact) mass is 533 g/mol. The van der Waals surface area contributed by atoms with Crippen molar-refractivity contribution in [2.45, 2.75) is 18.9 Å². The van der Waals surface area contributed by atoms with Crippen LogP contribution in [0.3, 0.4) is 0 Å². The van der Waals surface area contributed by atoms with Gasteiger partial charge in [0.05, 0.1) is 29.0 Å². The Morgan fingerprint density at radius 3 is 2.74 bits per heavy atom. The highest BCUT2D eigenvalue weighted by molar-refractivity contribution is 6.34. The van der Waals surface area contributed by atoms with Crippen LogP contribution in [0.15, 0.2) is 72.9 Å². The number of aromatic nitrogens is 3.